The topological polar surface area (TPSA) is 87.8 Å². The highest BCUT2D eigenvalue weighted by Gasteiger charge is 2.41. The molecule has 5 heterocycles. The van der Waals surface area contributed by atoms with Crippen molar-refractivity contribution in [3.8, 4) is 0 Å². The van der Waals surface area contributed by atoms with E-state index in [1.807, 2.05) is 0 Å². The molecule has 2 atom stereocenters. The largest absolute Gasteiger partial charge is 0.511 e. The van der Waals surface area contributed by atoms with Crippen LogP contribution in [0.15, 0.2) is 106 Å². The molecule has 0 unspecified atom stereocenters. The van der Waals surface area contributed by atoms with Gasteiger partial charge in [0, 0.05) is 40.8 Å². The van der Waals surface area contributed by atoms with E-state index in [2.05, 4.69) is 65.1 Å². The van der Waals surface area contributed by atoms with Crippen LogP contribution in [-0.2, 0) is 9.78 Å². The van der Waals surface area contributed by atoms with Crippen molar-refractivity contribution in [2.75, 3.05) is 13.7 Å². The number of nitrogens with zero attached hydrogens (tertiary/aromatic N) is 3. The summed E-state index contributed by atoms with van der Waals surface area (Å²) >= 11 is 0. The summed E-state index contributed by atoms with van der Waals surface area (Å²) in [4.78, 5) is 25.5. The predicted molar refractivity (Wildman–Crippen MR) is 165 cm³/mol. The van der Waals surface area contributed by atoms with E-state index < -0.39 is 0 Å². The third-order valence-corrected chi connectivity index (χ3v) is 9.40. The second-order valence-corrected chi connectivity index (χ2v) is 11.6. The van der Waals surface area contributed by atoms with Crippen LogP contribution >= 0.6 is 0 Å². The molecule has 1 aliphatic carbocycles. The molecule has 6 rings (SSSR count). The lowest BCUT2D eigenvalue weighted by Crippen LogP contribution is -2.15. The Hall–Kier alpha value is -3.55. The fourth-order valence-corrected chi connectivity index (χ4v) is 7.05. The Morgan fingerprint density at radius 2 is 1.59 bits per heavy atom. The van der Waals surface area contributed by atoms with Crippen LogP contribution in [0.25, 0.3) is 0 Å². The minimum absolute atomic E-state index is 0.232. The molecule has 0 spiro atoms. The molecule has 6 aliphatic rings. The number of allylic oxidation sites excluding steroid dienone is 12. The van der Waals surface area contributed by atoms with Gasteiger partial charge in [0.2, 0.25) is 0 Å². The highest BCUT2D eigenvalue weighted by Crippen LogP contribution is 2.46. The van der Waals surface area contributed by atoms with Crippen molar-refractivity contribution in [2.24, 2.45) is 26.8 Å². The molecule has 214 valence electrons. The second kappa shape index (κ2) is 10.7. The number of fused-ring (bicyclic) bond motifs is 5. The molecule has 0 aromatic heterocycles. The lowest BCUT2D eigenvalue weighted by molar-refractivity contribution is -0.273. The first-order valence-corrected chi connectivity index (χ1v) is 14.9. The van der Waals surface area contributed by atoms with Crippen LogP contribution in [0.2, 0.25) is 0 Å². The average molecular weight is 553 g/mol. The van der Waals surface area contributed by atoms with E-state index in [1.165, 1.54) is 22.3 Å². The number of nitrogens with one attached hydrogen (secondary N) is 1. The van der Waals surface area contributed by atoms with Gasteiger partial charge in [0.15, 0.2) is 0 Å². The fraction of sp³-hybridized carbons (Fsp3) is 0.441. The van der Waals surface area contributed by atoms with Crippen LogP contribution < -0.4 is 5.32 Å². The van der Waals surface area contributed by atoms with Crippen LogP contribution in [0.5, 0.6) is 0 Å². The van der Waals surface area contributed by atoms with E-state index in [0.717, 1.165) is 88.0 Å². The minimum Gasteiger partial charge on any atom is -0.511 e. The number of hydrogen-bond donors (Lipinski definition) is 2. The summed E-state index contributed by atoms with van der Waals surface area (Å²) in [5, 5.41) is 15.0. The van der Waals surface area contributed by atoms with Gasteiger partial charge in [-0.1, -0.05) is 20.8 Å². The van der Waals surface area contributed by atoms with Gasteiger partial charge in [0.25, 0.3) is 0 Å². The van der Waals surface area contributed by atoms with E-state index in [4.69, 9.17) is 24.8 Å². The Bertz CT molecular complexity index is 1580. The van der Waals surface area contributed by atoms with Crippen molar-refractivity contribution in [3.05, 3.63) is 91.5 Å². The summed E-state index contributed by atoms with van der Waals surface area (Å²) in [6.07, 6.45) is 10.5. The van der Waals surface area contributed by atoms with Gasteiger partial charge in [0.05, 0.1) is 47.9 Å². The van der Waals surface area contributed by atoms with E-state index in [0.29, 0.717) is 18.8 Å². The maximum Gasteiger partial charge on any atom is 0.106 e. The molecule has 1 saturated heterocycles. The zero-order valence-corrected chi connectivity index (χ0v) is 25.2. The number of aliphatic hydroxyl groups is 1. The lowest BCUT2D eigenvalue weighted by Gasteiger charge is -2.17. The van der Waals surface area contributed by atoms with Crippen molar-refractivity contribution in [1.29, 1.82) is 0 Å². The van der Waals surface area contributed by atoms with E-state index >= 15 is 0 Å². The zero-order valence-electron chi connectivity index (χ0n) is 25.2. The van der Waals surface area contributed by atoms with Gasteiger partial charge < -0.3 is 10.4 Å². The van der Waals surface area contributed by atoms with Crippen LogP contribution in [0, 0.1) is 11.8 Å². The minimum atomic E-state index is 0.232. The van der Waals surface area contributed by atoms with Crippen molar-refractivity contribution in [2.45, 2.75) is 73.6 Å². The molecular weight excluding hydrogens is 512 g/mol. The molecule has 7 heteroatoms. The number of rotatable bonds is 7. The van der Waals surface area contributed by atoms with Gasteiger partial charge in [0.1, 0.15) is 5.76 Å². The summed E-state index contributed by atoms with van der Waals surface area (Å²) in [5.74, 6) is 0.866. The molecule has 41 heavy (non-hydrogen) atoms. The summed E-state index contributed by atoms with van der Waals surface area (Å²) in [7, 11) is 1.55. The number of hydrogen-bond acceptors (Lipinski definition) is 7. The Morgan fingerprint density at radius 3 is 2.24 bits per heavy atom. The van der Waals surface area contributed by atoms with Gasteiger partial charge in [-0.25, -0.2) is 24.8 Å². The molecule has 0 amide bonds. The van der Waals surface area contributed by atoms with Crippen molar-refractivity contribution >= 4 is 17.1 Å². The SMILES string of the molecule is CCC1=C(C)C2=NC1=CC1=C(C)C3=C(O)CC(=C4NC(=CC5=NC(=C2)C(CC)=C5C)[C@@H](C)[C@@H]4CCCOOC)C3=N1. The Kier molecular flexibility index (Phi) is 7.20. The molecule has 0 aromatic carbocycles. The first kappa shape index (κ1) is 27.6. The third-order valence-electron chi connectivity index (χ3n) is 9.40. The van der Waals surface area contributed by atoms with Crippen LogP contribution in [0.4, 0.5) is 0 Å². The summed E-state index contributed by atoms with van der Waals surface area (Å²) in [6, 6.07) is 0. The number of aliphatic hydroxyl groups excluding tert-OH is 1. The van der Waals surface area contributed by atoms with Crippen LogP contribution in [0.3, 0.4) is 0 Å². The molecule has 2 N–H and O–H groups in total. The molecule has 0 aromatic rings. The smallest absolute Gasteiger partial charge is 0.106 e. The standard InChI is InChI=1S/C34H40N4O3/c1-8-21-17(3)25-14-27-19(5)23(11-10-12-41-40-7)33(37-27)24-13-31(39)32-20(6)28(38-34(24)32)16-30-22(9-2)18(4)26(36-30)15-29(21)35-25/h14-16,19,23,37,39H,8-13H2,1-7H3/t19-,23-/m0/s1. The summed E-state index contributed by atoms with van der Waals surface area (Å²) < 4.78 is 0. The number of aliphatic imine (C=N–C) groups is 3. The fourth-order valence-electron chi connectivity index (χ4n) is 7.05. The van der Waals surface area contributed by atoms with Crippen molar-refractivity contribution in [1.82, 2.24) is 5.32 Å². The molecule has 1 fully saturated rings. The monoisotopic (exact) mass is 552 g/mol. The maximum atomic E-state index is 11.2. The highest BCUT2D eigenvalue weighted by atomic mass is 17.2. The molecule has 5 aliphatic heterocycles. The van der Waals surface area contributed by atoms with Gasteiger partial charge in [-0.15, -0.1) is 0 Å². The molecule has 0 saturated carbocycles. The zero-order chi connectivity index (χ0) is 29.0. The van der Waals surface area contributed by atoms with Crippen LogP contribution in [0.1, 0.15) is 73.6 Å². The molecule has 7 nitrogen and oxygen atoms in total. The first-order chi connectivity index (χ1) is 19.8. The first-order valence-electron chi connectivity index (χ1n) is 14.9. The van der Waals surface area contributed by atoms with E-state index in [1.54, 1.807) is 7.11 Å². The normalized spacial score (nSPS) is 25.2. The van der Waals surface area contributed by atoms with Crippen molar-refractivity contribution < 1.29 is 14.9 Å². The second-order valence-electron chi connectivity index (χ2n) is 11.6. The van der Waals surface area contributed by atoms with Gasteiger partial charge in [-0.3, -0.25) is 0 Å². The quantitative estimate of drug-likeness (QED) is 0.195. The Balaban J connectivity index is 1.56. The van der Waals surface area contributed by atoms with Gasteiger partial charge >= 0.3 is 0 Å². The van der Waals surface area contributed by atoms with Crippen molar-refractivity contribution in [3.63, 3.8) is 0 Å². The summed E-state index contributed by atoms with van der Waals surface area (Å²) in [5.41, 5.74) is 15.8. The van der Waals surface area contributed by atoms with Gasteiger partial charge in [-0.2, -0.15) is 0 Å². The molecular formula is C34H40N4O3. The lowest BCUT2D eigenvalue weighted by atomic mass is 9.86. The third kappa shape index (κ3) is 4.46. The molecule has 0 radical (unpaired) electrons. The average Bonchev–Trinajstić information content (AvgIpc) is 3.69. The van der Waals surface area contributed by atoms with Gasteiger partial charge in [-0.05, 0) is 92.5 Å². The molecule has 8 bridgehead atoms. The Labute approximate surface area is 242 Å². The van der Waals surface area contributed by atoms with E-state index in [9.17, 15) is 5.11 Å². The maximum absolute atomic E-state index is 11.2. The van der Waals surface area contributed by atoms with Crippen LogP contribution in [-0.4, -0.2) is 36.0 Å². The Morgan fingerprint density at radius 1 is 0.927 bits per heavy atom. The van der Waals surface area contributed by atoms with E-state index in [-0.39, 0.29) is 11.8 Å². The highest BCUT2D eigenvalue weighted by molar-refractivity contribution is 6.21. The summed E-state index contributed by atoms with van der Waals surface area (Å²) in [6.45, 7) is 13.6. The predicted octanol–water partition coefficient (Wildman–Crippen LogP) is 7.43.